The van der Waals surface area contributed by atoms with Crippen LogP contribution in [0.4, 0.5) is 13.2 Å². The Morgan fingerprint density at radius 3 is 2.55 bits per heavy atom. The summed E-state index contributed by atoms with van der Waals surface area (Å²) < 4.78 is 43.5. The first-order valence-corrected chi connectivity index (χ1v) is 6.57. The average molecular weight is 341 g/mol. The molecule has 4 nitrogen and oxygen atoms in total. The molecule has 0 aliphatic rings. The lowest BCUT2D eigenvalue weighted by molar-refractivity contribution is -0.139. The largest absolute Gasteiger partial charge is 0.491 e. The number of hydrogen-bond donors (Lipinski definition) is 2. The van der Waals surface area contributed by atoms with E-state index in [0.717, 1.165) is 6.07 Å². The van der Waals surface area contributed by atoms with Crippen LogP contribution in [0.5, 0.6) is 5.75 Å². The lowest BCUT2D eigenvalue weighted by atomic mass is 10.2. The molecule has 0 saturated heterocycles. The number of nitrogens with one attached hydrogen (secondary N) is 2. The second-order valence-electron chi connectivity index (χ2n) is 4.63. The number of para-hydroxylation sites is 1. The molecule has 0 saturated carbocycles. The number of carbonyl (C=O) groups excluding carboxylic acids is 1. The molecule has 0 spiro atoms. The fraction of sp³-hybridized carbons (Fsp3) is 0.500. The lowest BCUT2D eigenvalue weighted by Crippen LogP contribution is -2.37. The highest BCUT2D eigenvalue weighted by atomic mass is 35.5. The fourth-order valence-electron chi connectivity index (χ4n) is 1.67. The molecule has 8 heteroatoms. The fourth-order valence-corrected chi connectivity index (χ4v) is 1.67. The van der Waals surface area contributed by atoms with Crippen molar-refractivity contribution < 1.29 is 22.7 Å². The summed E-state index contributed by atoms with van der Waals surface area (Å²) >= 11 is 0. The van der Waals surface area contributed by atoms with Gasteiger partial charge in [0.15, 0.2) is 0 Å². The standard InChI is InChI=1S/C14H19F3N2O2.ClH/c1-10(19-13(20)7-8-18-2)9-21-12-6-4-3-5-11(12)14(15,16)17;/h3-6,10,18H,7-9H2,1-2H3,(H,19,20);1H. The van der Waals surface area contributed by atoms with E-state index < -0.39 is 11.7 Å². The molecule has 2 N–H and O–H groups in total. The van der Waals surface area contributed by atoms with Crippen LogP contribution in [-0.4, -0.2) is 32.1 Å². The molecular weight excluding hydrogens is 321 g/mol. The van der Waals surface area contributed by atoms with Crippen molar-refractivity contribution >= 4 is 18.3 Å². The number of amides is 1. The van der Waals surface area contributed by atoms with Crippen molar-refractivity contribution in [3.63, 3.8) is 0 Å². The Morgan fingerprint density at radius 1 is 1.32 bits per heavy atom. The van der Waals surface area contributed by atoms with Gasteiger partial charge < -0.3 is 15.4 Å². The van der Waals surface area contributed by atoms with Gasteiger partial charge in [-0.2, -0.15) is 13.2 Å². The van der Waals surface area contributed by atoms with Gasteiger partial charge in [0.1, 0.15) is 12.4 Å². The Bertz CT molecular complexity index is 470. The van der Waals surface area contributed by atoms with Crippen molar-refractivity contribution in [2.75, 3.05) is 20.2 Å². The third-order valence-corrected chi connectivity index (χ3v) is 2.69. The summed E-state index contributed by atoms with van der Waals surface area (Å²) in [5.74, 6) is -0.411. The minimum atomic E-state index is -4.46. The van der Waals surface area contributed by atoms with Gasteiger partial charge in [-0.3, -0.25) is 4.79 Å². The first-order chi connectivity index (χ1) is 9.84. The number of rotatable bonds is 7. The van der Waals surface area contributed by atoms with Crippen molar-refractivity contribution in [1.29, 1.82) is 0 Å². The van der Waals surface area contributed by atoms with Gasteiger partial charge in [0, 0.05) is 13.0 Å². The van der Waals surface area contributed by atoms with E-state index in [-0.39, 0.29) is 36.7 Å². The molecule has 0 radical (unpaired) electrons. The van der Waals surface area contributed by atoms with Crippen molar-refractivity contribution in [3.05, 3.63) is 29.8 Å². The summed E-state index contributed by atoms with van der Waals surface area (Å²) in [4.78, 5) is 11.5. The molecule has 126 valence electrons. The summed E-state index contributed by atoms with van der Waals surface area (Å²) in [5, 5.41) is 5.49. The molecule has 1 atom stereocenters. The number of hydrogen-bond acceptors (Lipinski definition) is 3. The first-order valence-electron chi connectivity index (χ1n) is 6.57. The number of alkyl halides is 3. The van der Waals surface area contributed by atoms with Crippen LogP contribution in [0.25, 0.3) is 0 Å². The number of halogens is 4. The smallest absolute Gasteiger partial charge is 0.419 e. The van der Waals surface area contributed by atoms with Gasteiger partial charge in [-0.25, -0.2) is 0 Å². The minimum Gasteiger partial charge on any atom is -0.491 e. The normalized spacial score (nSPS) is 12.2. The Hall–Kier alpha value is -1.47. The molecule has 1 aromatic rings. The Kier molecular flexibility index (Phi) is 8.89. The van der Waals surface area contributed by atoms with E-state index in [4.69, 9.17) is 4.74 Å². The Labute approximate surface area is 133 Å². The van der Waals surface area contributed by atoms with E-state index in [2.05, 4.69) is 10.6 Å². The third kappa shape index (κ3) is 7.00. The molecule has 0 aliphatic heterocycles. The van der Waals surface area contributed by atoms with Crippen molar-refractivity contribution in [2.45, 2.75) is 25.6 Å². The van der Waals surface area contributed by atoms with Crippen LogP contribution in [0.15, 0.2) is 24.3 Å². The number of carbonyl (C=O) groups is 1. The van der Waals surface area contributed by atoms with E-state index in [1.54, 1.807) is 14.0 Å². The summed E-state index contributed by atoms with van der Waals surface area (Å²) in [6.07, 6.45) is -4.16. The van der Waals surface area contributed by atoms with E-state index >= 15 is 0 Å². The molecule has 22 heavy (non-hydrogen) atoms. The Morgan fingerprint density at radius 2 is 1.95 bits per heavy atom. The zero-order valence-corrected chi connectivity index (χ0v) is 13.2. The van der Waals surface area contributed by atoms with Crippen LogP contribution in [0.2, 0.25) is 0 Å². The molecule has 0 aromatic heterocycles. The average Bonchev–Trinajstić information content (AvgIpc) is 2.42. The van der Waals surface area contributed by atoms with Crippen LogP contribution in [0.1, 0.15) is 18.9 Å². The molecule has 1 unspecified atom stereocenters. The quantitative estimate of drug-likeness (QED) is 0.802. The summed E-state index contributed by atoms with van der Waals surface area (Å²) in [7, 11) is 1.73. The molecule has 1 amide bonds. The zero-order chi connectivity index (χ0) is 15.9. The summed E-state index contributed by atoms with van der Waals surface area (Å²) in [6.45, 7) is 2.18. The van der Waals surface area contributed by atoms with Crippen molar-refractivity contribution in [1.82, 2.24) is 10.6 Å². The highest BCUT2D eigenvalue weighted by molar-refractivity contribution is 5.85. The van der Waals surface area contributed by atoms with Gasteiger partial charge >= 0.3 is 6.18 Å². The molecule has 0 heterocycles. The topological polar surface area (TPSA) is 50.4 Å². The van der Waals surface area contributed by atoms with Gasteiger partial charge in [-0.1, -0.05) is 12.1 Å². The number of ether oxygens (including phenoxy) is 1. The van der Waals surface area contributed by atoms with Gasteiger partial charge in [0.05, 0.1) is 11.6 Å². The Balaban J connectivity index is 0.00000441. The van der Waals surface area contributed by atoms with Crippen molar-refractivity contribution in [3.8, 4) is 5.75 Å². The highest BCUT2D eigenvalue weighted by Crippen LogP contribution is 2.35. The summed E-state index contributed by atoms with van der Waals surface area (Å²) in [5.41, 5.74) is -0.821. The van der Waals surface area contributed by atoms with Crippen LogP contribution in [0, 0.1) is 0 Å². The minimum absolute atomic E-state index is 0. The molecular formula is C14H20ClF3N2O2. The molecule has 1 aromatic carbocycles. The zero-order valence-electron chi connectivity index (χ0n) is 12.4. The predicted octanol–water partition coefficient (Wildman–Crippen LogP) is 2.62. The summed E-state index contributed by atoms with van der Waals surface area (Å²) in [6, 6.07) is 4.62. The monoisotopic (exact) mass is 340 g/mol. The van der Waals surface area contributed by atoms with Gasteiger partial charge in [0.25, 0.3) is 0 Å². The SMILES string of the molecule is CNCCC(=O)NC(C)COc1ccccc1C(F)(F)F.Cl. The van der Waals surface area contributed by atoms with E-state index in [9.17, 15) is 18.0 Å². The second kappa shape index (κ2) is 9.53. The highest BCUT2D eigenvalue weighted by Gasteiger charge is 2.34. The van der Waals surface area contributed by atoms with Crippen LogP contribution >= 0.6 is 12.4 Å². The molecule has 0 bridgehead atoms. The molecule has 0 aliphatic carbocycles. The lowest BCUT2D eigenvalue weighted by Gasteiger charge is -2.17. The first kappa shape index (κ1) is 20.5. The van der Waals surface area contributed by atoms with Gasteiger partial charge in [0.2, 0.25) is 5.91 Å². The maximum Gasteiger partial charge on any atom is 0.419 e. The van der Waals surface area contributed by atoms with E-state index in [1.165, 1.54) is 18.2 Å². The van der Waals surface area contributed by atoms with E-state index in [1.807, 2.05) is 0 Å². The van der Waals surface area contributed by atoms with E-state index in [0.29, 0.717) is 13.0 Å². The number of benzene rings is 1. The maximum absolute atomic E-state index is 12.8. The van der Waals surface area contributed by atoms with Crippen molar-refractivity contribution in [2.24, 2.45) is 0 Å². The van der Waals surface area contributed by atoms with Gasteiger partial charge in [-0.15, -0.1) is 12.4 Å². The van der Waals surface area contributed by atoms with Gasteiger partial charge in [-0.05, 0) is 26.1 Å². The second-order valence-corrected chi connectivity index (χ2v) is 4.63. The predicted molar refractivity (Wildman–Crippen MR) is 80.3 cm³/mol. The van der Waals surface area contributed by atoms with Crippen LogP contribution in [0.3, 0.4) is 0 Å². The maximum atomic E-state index is 12.8. The van der Waals surface area contributed by atoms with Crippen LogP contribution in [-0.2, 0) is 11.0 Å². The molecule has 1 rings (SSSR count). The third-order valence-electron chi connectivity index (χ3n) is 2.69. The molecule has 0 fully saturated rings. The van der Waals surface area contributed by atoms with Crippen LogP contribution < -0.4 is 15.4 Å².